The fourth-order valence-electron chi connectivity index (χ4n) is 3.41. The average molecular weight is 409 g/mol. The Kier molecular flexibility index (Phi) is 4.39. The number of anilines is 1. The van der Waals surface area contributed by atoms with Crippen LogP contribution in [-0.2, 0) is 19.8 Å². The van der Waals surface area contributed by atoms with Crippen molar-refractivity contribution in [2.75, 3.05) is 11.4 Å². The number of rotatable bonds is 6. The molecule has 0 atom stereocenters. The molecular formula is C18H21BrN2O4. The van der Waals surface area contributed by atoms with Gasteiger partial charge in [0.15, 0.2) is 0 Å². The average Bonchev–Trinajstić information content (AvgIpc) is 3.30. The number of aliphatic carboxylic acids is 1. The maximum Gasteiger partial charge on any atom is 0.303 e. The first-order valence-electron chi connectivity index (χ1n) is 8.35. The lowest BCUT2D eigenvalue weighted by Crippen LogP contribution is -2.53. The fourth-order valence-corrected chi connectivity index (χ4v) is 3.77. The Morgan fingerprint density at radius 3 is 2.60 bits per heavy atom. The number of fused-ring (bicyclic) bond motifs is 1. The zero-order chi connectivity index (χ0) is 18.4. The van der Waals surface area contributed by atoms with E-state index in [0.717, 1.165) is 15.7 Å². The molecule has 7 heteroatoms. The molecule has 2 amide bonds. The minimum atomic E-state index is -0.883. The van der Waals surface area contributed by atoms with Crippen LogP contribution in [0.15, 0.2) is 22.7 Å². The van der Waals surface area contributed by atoms with Gasteiger partial charge in [-0.1, -0.05) is 15.9 Å². The van der Waals surface area contributed by atoms with Crippen molar-refractivity contribution in [2.24, 2.45) is 0 Å². The van der Waals surface area contributed by atoms with Gasteiger partial charge < -0.3 is 10.4 Å². The minimum Gasteiger partial charge on any atom is -0.481 e. The van der Waals surface area contributed by atoms with Gasteiger partial charge in [0.25, 0.3) is 0 Å². The summed E-state index contributed by atoms with van der Waals surface area (Å²) in [5, 5.41) is 11.5. The third kappa shape index (κ3) is 2.94. The van der Waals surface area contributed by atoms with Crippen LogP contribution in [0.2, 0.25) is 0 Å². The number of carbonyl (C=O) groups excluding carboxylic acids is 2. The molecule has 1 heterocycles. The fraction of sp³-hybridized carbons (Fsp3) is 0.500. The molecule has 25 heavy (non-hydrogen) atoms. The lowest BCUT2D eigenvalue weighted by atomic mass is 9.86. The molecule has 0 radical (unpaired) electrons. The summed E-state index contributed by atoms with van der Waals surface area (Å²) in [6.45, 7) is 4.05. The summed E-state index contributed by atoms with van der Waals surface area (Å²) in [4.78, 5) is 38.0. The molecule has 6 nitrogen and oxygen atoms in total. The van der Waals surface area contributed by atoms with Crippen LogP contribution in [0.5, 0.6) is 0 Å². The van der Waals surface area contributed by atoms with Gasteiger partial charge in [0.05, 0.1) is 5.41 Å². The van der Waals surface area contributed by atoms with Gasteiger partial charge in [-0.15, -0.1) is 0 Å². The lowest BCUT2D eigenvalue weighted by molar-refractivity contribution is -0.137. The molecule has 1 aliphatic heterocycles. The summed E-state index contributed by atoms with van der Waals surface area (Å²) in [7, 11) is 0. The Balaban J connectivity index is 1.83. The third-order valence-electron chi connectivity index (χ3n) is 5.04. The van der Waals surface area contributed by atoms with Crippen LogP contribution >= 0.6 is 15.9 Å². The Bertz CT molecular complexity index is 755. The van der Waals surface area contributed by atoms with Crippen LogP contribution < -0.4 is 10.2 Å². The lowest BCUT2D eigenvalue weighted by Gasteiger charge is -2.29. The van der Waals surface area contributed by atoms with Crippen molar-refractivity contribution in [2.45, 2.75) is 50.5 Å². The molecule has 1 aliphatic carbocycles. The van der Waals surface area contributed by atoms with Crippen LogP contribution in [0.25, 0.3) is 0 Å². The Morgan fingerprint density at radius 1 is 1.32 bits per heavy atom. The second-order valence-electron chi connectivity index (χ2n) is 7.21. The second kappa shape index (κ2) is 6.12. The molecule has 0 unspecified atom stereocenters. The van der Waals surface area contributed by atoms with E-state index in [4.69, 9.17) is 5.11 Å². The van der Waals surface area contributed by atoms with Crippen molar-refractivity contribution in [3.63, 3.8) is 0 Å². The quantitative estimate of drug-likeness (QED) is 0.708. The van der Waals surface area contributed by atoms with Crippen LogP contribution in [0, 0.1) is 0 Å². The number of nitrogens with one attached hydrogen (secondary N) is 1. The number of nitrogens with zero attached hydrogens (tertiary/aromatic N) is 1. The number of hydrogen-bond acceptors (Lipinski definition) is 3. The van der Waals surface area contributed by atoms with E-state index in [0.29, 0.717) is 25.8 Å². The summed E-state index contributed by atoms with van der Waals surface area (Å²) >= 11 is 3.45. The van der Waals surface area contributed by atoms with Gasteiger partial charge >= 0.3 is 5.97 Å². The first kappa shape index (κ1) is 17.9. The highest BCUT2D eigenvalue weighted by Gasteiger charge is 2.62. The number of carboxylic acid groups (broad SMARTS) is 1. The molecule has 0 aromatic heterocycles. The largest absolute Gasteiger partial charge is 0.481 e. The van der Waals surface area contributed by atoms with Crippen molar-refractivity contribution in [1.29, 1.82) is 0 Å². The Labute approximate surface area is 154 Å². The van der Waals surface area contributed by atoms with Gasteiger partial charge in [-0.05, 0) is 56.9 Å². The molecule has 134 valence electrons. The van der Waals surface area contributed by atoms with Crippen molar-refractivity contribution >= 4 is 39.4 Å². The number of halogens is 1. The number of carbonyl (C=O) groups is 3. The van der Waals surface area contributed by atoms with E-state index in [1.807, 2.05) is 32.0 Å². The monoisotopic (exact) mass is 408 g/mol. The normalized spacial score (nSPS) is 19.5. The number of amides is 2. The van der Waals surface area contributed by atoms with Gasteiger partial charge in [0.2, 0.25) is 11.8 Å². The molecule has 1 aromatic carbocycles. The number of hydrogen-bond donors (Lipinski definition) is 2. The second-order valence-corrected chi connectivity index (χ2v) is 8.13. The van der Waals surface area contributed by atoms with Crippen molar-refractivity contribution in [3.05, 3.63) is 28.2 Å². The van der Waals surface area contributed by atoms with E-state index in [1.165, 1.54) is 0 Å². The van der Waals surface area contributed by atoms with Gasteiger partial charge in [0.1, 0.15) is 5.54 Å². The van der Waals surface area contributed by atoms with Gasteiger partial charge in [-0.2, -0.15) is 0 Å². The molecule has 0 bridgehead atoms. The van der Waals surface area contributed by atoms with Gasteiger partial charge in [-0.3, -0.25) is 19.3 Å². The van der Waals surface area contributed by atoms with Crippen LogP contribution in [0.4, 0.5) is 5.69 Å². The molecule has 1 fully saturated rings. The molecule has 3 rings (SSSR count). The summed E-state index contributed by atoms with van der Waals surface area (Å²) < 4.78 is 0.900. The maximum absolute atomic E-state index is 13.1. The summed E-state index contributed by atoms with van der Waals surface area (Å²) in [5.41, 5.74) is 0.183. The van der Waals surface area contributed by atoms with E-state index in [2.05, 4.69) is 21.2 Å². The molecule has 1 aromatic rings. The smallest absolute Gasteiger partial charge is 0.303 e. The standard InChI is InChI=1S/C18H21BrN2O4/c1-17(2)12-10-11(19)5-6-13(12)21(16(17)25)18(7-8-18)15(24)20-9-3-4-14(22)23/h5-6,10H,3-4,7-9H2,1-2H3,(H,20,24)(H,22,23). The topological polar surface area (TPSA) is 86.7 Å². The molecule has 2 N–H and O–H groups in total. The summed E-state index contributed by atoms with van der Waals surface area (Å²) in [5.74, 6) is -1.15. The van der Waals surface area contributed by atoms with Crippen molar-refractivity contribution in [1.82, 2.24) is 5.32 Å². The first-order valence-corrected chi connectivity index (χ1v) is 9.14. The highest BCUT2D eigenvalue weighted by atomic mass is 79.9. The highest BCUT2D eigenvalue weighted by Crippen LogP contribution is 2.53. The maximum atomic E-state index is 13.1. The molecule has 1 saturated carbocycles. The molecular weight excluding hydrogens is 388 g/mol. The third-order valence-corrected chi connectivity index (χ3v) is 5.53. The van der Waals surface area contributed by atoms with E-state index >= 15 is 0 Å². The summed E-state index contributed by atoms with van der Waals surface area (Å²) in [6, 6.07) is 5.69. The van der Waals surface area contributed by atoms with Crippen LogP contribution in [-0.4, -0.2) is 35.0 Å². The van der Waals surface area contributed by atoms with Crippen LogP contribution in [0.3, 0.4) is 0 Å². The zero-order valence-electron chi connectivity index (χ0n) is 14.3. The first-order chi connectivity index (χ1) is 11.7. The van der Waals surface area contributed by atoms with Crippen molar-refractivity contribution < 1.29 is 19.5 Å². The van der Waals surface area contributed by atoms with Crippen molar-refractivity contribution in [3.8, 4) is 0 Å². The van der Waals surface area contributed by atoms with E-state index in [1.54, 1.807) is 4.90 Å². The predicted octanol–water partition coefficient (Wildman–Crippen LogP) is 2.59. The molecule has 0 saturated heterocycles. The van der Waals surface area contributed by atoms with E-state index in [9.17, 15) is 14.4 Å². The predicted molar refractivity (Wildman–Crippen MR) is 96.5 cm³/mol. The summed E-state index contributed by atoms with van der Waals surface area (Å²) in [6.07, 6.45) is 1.63. The van der Waals surface area contributed by atoms with Gasteiger partial charge in [-0.25, -0.2) is 0 Å². The molecule has 0 spiro atoms. The minimum absolute atomic E-state index is 0.0137. The van der Waals surface area contributed by atoms with Crippen LogP contribution in [0.1, 0.15) is 45.1 Å². The zero-order valence-corrected chi connectivity index (χ0v) is 15.9. The Hall–Kier alpha value is -1.89. The molecule has 2 aliphatic rings. The number of benzene rings is 1. The SMILES string of the molecule is CC1(C)C(=O)N(C2(C(=O)NCCCC(=O)O)CC2)c2ccc(Br)cc21. The van der Waals surface area contributed by atoms with E-state index in [-0.39, 0.29) is 18.2 Å². The Morgan fingerprint density at radius 2 is 2.00 bits per heavy atom. The number of carboxylic acids is 1. The van der Waals surface area contributed by atoms with E-state index < -0.39 is 16.9 Å². The highest BCUT2D eigenvalue weighted by molar-refractivity contribution is 9.10. The van der Waals surface area contributed by atoms with Gasteiger partial charge in [0, 0.05) is 23.1 Å².